The zero-order valence-electron chi connectivity index (χ0n) is 22.8. The van der Waals surface area contributed by atoms with E-state index in [0.717, 1.165) is 5.56 Å². The van der Waals surface area contributed by atoms with Gasteiger partial charge in [0.1, 0.15) is 11.6 Å². The second-order valence-electron chi connectivity index (χ2n) is 11.6. The summed E-state index contributed by atoms with van der Waals surface area (Å²) in [5, 5.41) is 9.56. The van der Waals surface area contributed by atoms with E-state index in [4.69, 9.17) is 4.74 Å². The van der Waals surface area contributed by atoms with E-state index >= 15 is 0 Å². The van der Waals surface area contributed by atoms with Gasteiger partial charge in [-0.05, 0) is 45.6 Å². The maximum atomic E-state index is 14.2. The van der Waals surface area contributed by atoms with Gasteiger partial charge in [-0.3, -0.25) is 14.4 Å². The van der Waals surface area contributed by atoms with E-state index in [1.54, 1.807) is 26.9 Å². The monoisotopic (exact) mass is 523 g/mol. The average Bonchev–Trinajstić information content (AvgIpc) is 3.52. The summed E-state index contributed by atoms with van der Waals surface area (Å²) in [6.07, 6.45) is 4.45. The summed E-state index contributed by atoms with van der Waals surface area (Å²) in [6, 6.07) is 8.88. The molecule has 4 rings (SSSR count). The first-order valence-electron chi connectivity index (χ1n) is 13.6. The van der Waals surface area contributed by atoms with Crippen LogP contribution in [0.25, 0.3) is 0 Å². The molecule has 3 aliphatic rings. The average molecular weight is 524 g/mol. The number of benzene rings is 1. The van der Waals surface area contributed by atoms with E-state index in [0.29, 0.717) is 38.9 Å². The lowest BCUT2D eigenvalue weighted by atomic mass is 9.70. The normalized spacial score (nSPS) is 27.8. The van der Waals surface area contributed by atoms with E-state index in [-0.39, 0.29) is 30.9 Å². The number of rotatable bonds is 11. The molecule has 3 saturated heterocycles. The number of aliphatic hydroxyl groups excluding tert-OH is 1. The number of carbonyl (C=O) groups excluding carboxylic acids is 3. The summed E-state index contributed by atoms with van der Waals surface area (Å²) in [5.74, 6) is -1.99. The molecule has 8 heteroatoms. The minimum atomic E-state index is -1.06. The van der Waals surface area contributed by atoms with Crippen molar-refractivity contribution < 1.29 is 24.2 Å². The largest absolute Gasteiger partial charge is 0.396 e. The smallest absolute Gasteiger partial charge is 0.249 e. The fourth-order valence-electron chi connectivity index (χ4n) is 6.57. The Morgan fingerprint density at radius 2 is 1.84 bits per heavy atom. The van der Waals surface area contributed by atoms with Crippen molar-refractivity contribution in [2.24, 2.45) is 11.8 Å². The Bertz CT molecular complexity index is 1070. The van der Waals surface area contributed by atoms with Crippen LogP contribution in [0, 0.1) is 11.8 Å². The second-order valence-corrected chi connectivity index (χ2v) is 11.6. The Morgan fingerprint density at radius 1 is 1.16 bits per heavy atom. The summed E-state index contributed by atoms with van der Waals surface area (Å²) < 4.78 is 6.58. The number of likely N-dealkylation sites (tertiary alicyclic amines) is 1. The highest BCUT2D eigenvalue weighted by Gasteiger charge is 2.75. The van der Waals surface area contributed by atoms with Gasteiger partial charge in [-0.25, -0.2) is 0 Å². The van der Waals surface area contributed by atoms with Gasteiger partial charge in [0.05, 0.1) is 17.9 Å². The van der Waals surface area contributed by atoms with Crippen LogP contribution in [0.3, 0.4) is 0 Å². The fraction of sp³-hybridized carbons (Fsp3) is 0.567. The summed E-state index contributed by atoms with van der Waals surface area (Å²) in [6.45, 7) is 14.7. The fourth-order valence-corrected chi connectivity index (χ4v) is 6.57. The van der Waals surface area contributed by atoms with Crippen molar-refractivity contribution in [3.63, 3.8) is 0 Å². The number of amides is 3. The van der Waals surface area contributed by atoms with Gasteiger partial charge in [-0.2, -0.15) is 0 Å². The van der Waals surface area contributed by atoms with Crippen molar-refractivity contribution in [2.45, 2.75) is 69.9 Å². The third-order valence-corrected chi connectivity index (χ3v) is 8.14. The number of fused-ring (bicyclic) bond motifs is 1. The molecule has 1 aromatic rings. The van der Waals surface area contributed by atoms with Crippen molar-refractivity contribution in [2.75, 3.05) is 26.2 Å². The molecule has 2 bridgehead atoms. The predicted molar refractivity (Wildman–Crippen MR) is 145 cm³/mol. The van der Waals surface area contributed by atoms with Crippen LogP contribution >= 0.6 is 0 Å². The molecule has 3 aliphatic heterocycles. The lowest BCUT2D eigenvalue weighted by Crippen LogP contribution is -2.60. The number of carbonyl (C=O) groups is 3. The zero-order valence-corrected chi connectivity index (χ0v) is 22.8. The molecule has 2 unspecified atom stereocenters. The molecular formula is C30H41N3O5. The van der Waals surface area contributed by atoms with Crippen LogP contribution in [0.2, 0.25) is 0 Å². The molecule has 8 nitrogen and oxygen atoms in total. The molecule has 38 heavy (non-hydrogen) atoms. The van der Waals surface area contributed by atoms with Gasteiger partial charge < -0.3 is 24.5 Å². The Hall–Kier alpha value is -2.97. The molecule has 1 spiro atoms. The minimum Gasteiger partial charge on any atom is -0.396 e. The van der Waals surface area contributed by atoms with Crippen LogP contribution in [0.15, 0.2) is 55.6 Å². The van der Waals surface area contributed by atoms with E-state index in [2.05, 4.69) is 13.2 Å². The first-order valence-corrected chi connectivity index (χ1v) is 13.6. The van der Waals surface area contributed by atoms with Crippen molar-refractivity contribution in [3.8, 4) is 0 Å². The Kier molecular flexibility index (Phi) is 8.14. The Morgan fingerprint density at radius 3 is 2.45 bits per heavy atom. The molecule has 206 valence electrons. The number of aliphatic hydroxyl groups is 1. The first-order chi connectivity index (χ1) is 18.1. The standard InChI is InChI=1S/C30H41N3O5/c1-6-16-31(20-21-12-9-8-10-13-21)26(35)23-22-14-15-30(38-22)24(23)27(36)32(18-11-19-34)25(30)28(37)33(17-7-2)29(3,4)5/h6-10,12-13,22-25,34H,1-2,11,14-20H2,3-5H3/t22-,23+,24+,25?,30?/m1/s1. The van der Waals surface area contributed by atoms with Crippen LogP contribution in [0.4, 0.5) is 0 Å². The number of hydrogen-bond acceptors (Lipinski definition) is 5. The van der Waals surface area contributed by atoms with Gasteiger partial charge in [-0.15, -0.1) is 13.2 Å². The van der Waals surface area contributed by atoms with E-state index in [9.17, 15) is 19.5 Å². The van der Waals surface area contributed by atoms with E-state index in [1.165, 1.54) is 0 Å². The van der Waals surface area contributed by atoms with Crippen LogP contribution < -0.4 is 0 Å². The van der Waals surface area contributed by atoms with Gasteiger partial charge >= 0.3 is 0 Å². The molecule has 0 saturated carbocycles. The summed E-state index contributed by atoms with van der Waals surface area (Å²) in [5.41, 5.74) is -0.582. The van der Waals surface area contributed by atoms with Crippen molar-refractivity contribution >= 4 is 17.7 Å². The third-order valence-electron chi connectivity index (χ3n) is 8.14. The molecule has 0 aromatic heterocycles. The molecule has 1 N–H and O–H groups in total. The number of ether oxygens (including phenoxy) is 1. The predicted octanol–water partition coefficient (Wildman–Crippen LogP) is 2.77. The lowest BCUT2D eigenvalue weighted by Gasteiger charge is -2.42. The molecule has 0 radical (unpaired) electrons. The maximum absolute atomic E-state index is 14.2. The molecule has 3 amide bonds. The van der Waals surface area contributed by atoms with Crippen molar-refractivity contribution in [3.05, 3.63) is 61.2 Å². The molecule has 1 aromatic carbocycles. The number of nitrogens with zero attached hydrogens (tertiary/aromatic N) is 3. The van der Waals surface area contributed by atoms with Gasteiger partial charge in [0, 0.05) is 38.3 Å². The lowest BCUT2D eigenvalue weighted by molar-refractivity contribution is -0.152. The summed E-state index contributed by atoms with van der Waals surface area (Å²) >= 11 is 0. The van der Waals surface area contributed by atoms with Crippen LogP contribution in [-0.4, -0.2) is 87.1 Å². The molecule has 3 heterocycles. The quantitative estimate of drug-likeness (QED) is 0.451. The Balaban J connectivity index is 1.71. The zero-order chi connectivity index (χ0) is 27.7. The highest BCUT2D eigenvalue weighted by Crippen LogP contribution is 2.59. The first kappa shape index (κ1) is 28.0. The Labute approximate surface area is 225 Å². The third kappa shape index (κ3) is 4.80. The van der Waals surface area contributed by atoms with Gasteiger partial charge in [-0.1, -0.05) is 42.5 Å². The van der Waals surface area contributed by atoms with Crippen LogP contribution in [-0.2, 0) is 25.7 Å². The molecule has 3 fully saturated rings. The van der Waals surface area contributed by atoms with Crippen LogP contribution in [0.5, 0.6) is 0 Å². The molecule has 0 aliphatic carbocycles. The molecule has 5 atom stereocenters. The summed E-state index contributed by atoms with van der Waals surface area (Å²) in [7, 11) is 0. The van der Waals surface area contributed by atoms with Crippen LogP contribution in [0.1, 0.15) is 45.6 Å². The minimum absolute atomic E-state index is 0.103. The number of hydrogen-bond donors (Lipinski definition) is 1. The topological polar surface area (TPSA) is 90.4 Å². The second kappa shape index (κ2) is 11.0. The van der Waals surface area contributed by atoms with Crippen molar-refractivity contribution in [1.29, 1.82) is 0 Å². The van der Waals surface area contributed by atoms with E-state index in [1.807, 2.05) is 51.1 Å². The van der Waals surface area contributed by atoms with Gasteiger partial charge in [0.25, 0.3) is 0 Å². The van der Waals surface area contributed by atoms with E-state index < -0.39 is 35.1 Å². The molecular weight excluding hydrogens is 482 g/mol. The van der Waals surface area contributed by atoms with Crippen molar-refractivity contribution in [1.82, 2.24) is 14.7 Å². The SMILES string of the molecule is C=CCN(Cc1ccccc1)C(=O)[C@@H]1[C@H]2C(=O)N(CCCO)C(C(=O)N(CC=C)C(C)(C)C)C23CC[C@H]1O3. The highest BCUT2D eigenvalue weighted by atomic mass is 16.5. The van der Waals surface area contributed by atoms with Gasteiger partial charge in [0.15, 0.2) is 0 Å². The highest BCUT2D eigenvalue weighted by molar-refractivity contribution is 5.99. The maximum Gasteiger partial charge on any atom is 0.249 e. The van der Waals surface area contributed by atoms with Gasteiger partial charge in [0.2, 0.25) is 17.7 Å². The summed E-state index contributed by atoms with van der Waals surface area (Å²) in [4.78, 5) is 47.4.